The van der Waals surface area contributed by atoms with Crippen molar-refractivity contribution in [2.45, 2.75) is 51.4 Å². The van der Waals surface area contributed by atoms with Gasteiger partial charge in [0.15, 0.2) is 17.5 Å². The normalized spacial score (nSPS) is 14.9. The largest absolute Gasteiger partial charge is 0.309 e. The van der Waals surface area contributed by atoms with Gasteiger partial charge in [0.05, 0.1) is 11.0 Å². The highest BCUT2D eigenvalue weighted by Crippen LogP contribution is 2.49. The molecule has 0 bridgehead atoms. The summed E-state index contributed by atoms with van der Waals surface area (Å²) >= 11 is 0. The number of nitrogens with zero attached hydrogens (tertiary/aromatic N) is 4. The lowest BCUT2D eigenvalue weighted by Crippen LogP contribution is -2.33. The van der Waals surface area contributed by atoms with E-state index in [1.165, 1.54) is 61.9 Å². The van der Waals surface area contributed by atoms with Gasteiger partial charge < -0.3 is 4.57 Å². The van der Waals surface area contributed by atoms with Crippen LogP contribution in [0.25, 0.3) is 83.2 Å². The first-order valence-corrected chi connectivity index (χ1v) is 18.7. The Morgan fingerprint density at radius 2 is 0.981 bits per heavy atom. The molecule has 2 aromatic heterocycles. The molecule has 1 aliphatic rings. The molecule has 4 heteroatoms. The fourth-order valence-electron chi connectivity index (χ4n) is 8.55. The molecule has 0 fully saturated rings. The molecule has 0 saturated heterocycles. The molecular formula is C49H40N4. The van der Waals surface area contributed by atoms with Gasteiger partial charge in [0.1, 0.15) is 0 Å². The van der Waals surface area contributed by atoms with Gasteiger partial charge in [0.2, 0.25) is 0 Å². The van der Waals surface area contributed by atoms with Crippen LogP contribution < -0.4 is 0 Å². The summed E-state index contributed by atoms with van der Waals surface area (Å²) in [6.45, 7) is 9.67. The van der Waals surface area contributed by atoms with E-state index in [2.05, 4.69) is 117 Å². The fraction of sp³-hybridized carbons (Fsp3) is 0.163. The van der Waals surface area contributed by atoms with Crippen molar-refractivity contribution < 1.29 is 0 Å². The van der Waals surface area contributed by atoms with Crippen molar-refractivity contribution >= 4 is 43.4 Å². The van der Waals surface area contributed by atoms with Crippen LogP contribution >= 0.6 is 0 Å². The first kappa shape index (κ1) is 31.6. The van der Waals surface area contributed by atoms with Crippen LogP contribution in [-0.2, 0) is 10.8 Å². The zero-order valence-electron chi connectivity index (χ0n) is 30.6. The Morgan fingerprint density at radius 3 is 1.66 bits per heavy atom. The molecule has 4 nitrogen and oxygen atoms in total. The lowest BCUT2D eigenvalue weighted by molar-refractivity contribution is 0.332. The first-order valence-electron chi connectivity index (χ1n) is 18.7. The number of hydrogen-bond acceptors (Lipinski definition) is 3. The van der Waals surface area contributed by atoms with Gasteiger partial charge in [0.25, 0.3) is 0 Å². The van der Waals surface area contributed by atoms with Gasteiger partial charge in [-0.1, -0.05) is 143 Å². The smallest absolute Gasteiger partial charge is 0.164 e. The van der Waals surface area contributed by atoms with Crippen molar-refractivity contribution in [3.05, 3.63) is 157 Å². The highest BCUT2D eigenvalue weighted by Gasteiger charge is 2.38. The number of benzene rings is 7. The van der Waals surface area contributed by atoms with Crippen molar-refractivity contribution in [3.8, 4) is 39.9 Å². The second-order valence-corrected chi connectivity index (χ2v) is 16.0. The number of aromatic nitrogens is 4. The minimum Gasteiger partial charge on any atom is -0.309 e. The molecule has 53 heavy (non-hydrogen) atoms. The molecule has 0 spiro atoms. The van der Waals surface area contributed by atoms with E-state index in [9.17, 15) is 0 Å². The highest BCUT2D eigenvalue weighted by atomic mass is 15.0. The maximum atomic E-state index is 4.99. The van der Waals surface area contributed by atoms with Crippen LogP contribution in [0.15, 0.2) is 146 Å². The average molecular weight is 685 g/mol. The van der Waals surface area contributed by atoms with E-state index in [1.54, 1.807) is 0 Å². The molecule has 0 aliphatic heterocycles. The molecule has 0 atom stereocenters. The lowest BCUT2D eigenvalue weighted by atomic mass is 9.63. The van der Waals surface area contributed by atoms with Gasteiger partial charge in [0, 0.05) is 38.5 Å². The third-order valence-electron chi connectivity index (χ3n) is 11.7. The molecule has 1 aliphatic carbocycles. The Morgan fingerprint density at radius 1 is 0.434 bits per heavy atom. The molecule has 0 saturated carbocycles. The van der Waals surface area contributed by atoms with E-state index >= 15 is 0 Å². The number of rotatable bonds is 4. The summed E-state index contributed by atoms with van der Waals surface area (Å²) in [6.07, 6.45) is 2.37. The van der Waals surface area contributed by atoms with Crippen molar-refractivity contribution in [3.63, 3.8) is 0 Å². The Kier molecular flexibility index (Phi) is 6.97. The zero-order chi connectivity index (χ0) is 35.9. The third kappa shape index (κ3) is 5.15. The average Bonchev–Trinajstić information content (AvgIpc) is 3.53. The summed E-state index contributed by atoms with van der Waals surface area (Å²) in [5.74, 6) is 1.99. The van der Waals surface area contributed by atoms with Crippen LogP contribution in [0, 0.1) is 0 Å². The maximum Gasteiger partial charge on any atom is 0.164 e. The molecule has 7 aromatic carbocycles. The van der Waals surface area contributed by atoms with Crippen LogP contribution in [0.3, 0.4) is 0 Å². The number of fused-ring (bicyclic) bond motifs is 7. The van der Waals surface area contributed by atoms with Crippen molar-refractivity contribution in [1.82, 2.24) is 19.5 Å². The monoisotopic (exact) mass is 684 g/mol. The summed E-state index contributed by atoms with van der Waals surface area (Å²) in [4.78, 5) is 14.9. The van der Waals surface area contributed by atoms with Crippen molar-refractivity contribution in [2.24, 2.45) is 0 Å². The van der Waals surface area contributed by atoms with Gasteiger partial charge in [-0.2, -0.15) is 0 Å². The van der Waals surface area contributed by atoms with E-state index in [0.717, 1.165) is 27.8 Å². The van der Waals surface area contributed by atoms with Crippen LogP contribution in [0.1, 0.15) is 51.7 Å². The molecule has 10 rings (SSSR count). The van der Waals surface area contributed by atoms with E-state index in [1.807, 2.05) is 60.7 Å². The van der Waals surface area contributed by atoms with E-state index in [4.69, 9.17) is 15.0 Å². The van der Waals surface area contributed by atoms with E-state index in [0.29, 0.717) is 17.5 Å². The first-order chi connectivity index (χ1) is 25.7. The van der Waals surface area contributed by atoms with Crippen LogP contribution in [-0.4, -0.2) is 19.5 Å². The second-order valence-electron chi connectivity index (χ2n) is 16.0. The van der Waals surface area contributed by atoms with Crippen molar-refractivity contribution in [2.75, 3.05) is 0 Å². The molecule has 0 unspecified atom stereocenters. The number of hydrogen-bond donors (Lipinski definition) is 0. The molecule has 9 aromatic rings. The standard InChI is InChI=1S/C49H40N4/c1-48(2)25-26-49(3,4)42-30-43-40(29-41(42)48)39-24-22-31-13-11-12-18-38(31)44(39)53(43)37-23-21-34-27-36(20-19-35(34)28-37)47-51-45(32-14-7-5-8-15-32)50-46(52-47)33-16-9-6-10-17-33/h5-24,27-30H,25-26H2,1-4H3. The van der Waals surface area contributed by atoms with E-state index < -0.39 is 0 Å². The SMILES string of the molecule is CC1(C)CCC(C)(C)c2cc3c(cc21)c1ccc2ccccc2c1n3-c1ccc2cc(-c3nc(-c4ccccc4)nc(-c4ccccc4)n3)ccc2c1. The molecule has 0 N–H and O–H groups in total. The topological polar surface area (TPSA) is 43.6 Å². The maximum absolute atomic E-state index is 4.99. The summed E-state index contributed by atoms with van der Waals surface area (Å²) in [7, 11) is 0. The molecule has 0 amide bonds. The Labute approximate surface area is 309 Å². The minimum atomic E-state index is 0.109. The summed E-state index contributed by atoms with van der Waals surface area (Å²) < 4.78 is 2.52. The summed E-state index contributed by atoms with van der Waals surface area (Å²) in [5.41, 5.74) is 9.78. The summed E-state index contributed by atoms with van der Waals surface area (Å²) in [5, 5.41) is 7.45. The van der Waals surface area contributed by atoms with Gasteiger partial charge in [-0.15, -0.1) is 0 Å². The van der Waals surface area contributed by atoms with Crippen molar-refractivity contribution in [1.29, 1.82) is 0 Å². The highest BCUT2D eigenvalue weighted by molar-refractivity contribution is 6.19. The Bertz CT molecular complexity index is 2820. The predicted molar refractivity (Wildman–Crippen MR) is 221 cm³/mol. The molecular weight excluding hydrogens is 645 g/mol. The molecule has 256 valence electrons. The van der Waals surface area contributed by atoms with Crippen LogP contribution in [0.4, 0.5) is 0 Å². The van der Waals surface area contributed by atoms with Crippen LogP contribution in [0.2, 0.25) is 0 Å². The second kappa shape index (κ2) is 11.7. The Hall–Kier alpha value is -6.13. The van der Waals surface area contributed by atoms with Gasteiger partial charge >= 0.3 is 0 Å². The van der Waals surface area contributed by atoms with Gasteiger partial charge in [-0.3, -0.25) is 0 Å². The third-order valence-corrected chi connectivity index (χ3v) is 11.7. The minimum absolute atomic E-state index is 0.109. The molecule has 2 heterocycles. The lowest BCUT2D eigenvalue weighted by Gasteiger charge is -2.42. The quantitative estimate of drug-likeness (QED) is 0.185. The van der Waals surface area contributed by atoms with Gasteiger partial charge in [-0.25, -0.2) is 15.0 Å². The predicted octanol–water partition coefficient (Wildman–Crippen LogP) is 12.6. The van der Waals surface area contributed by atoms with Crippen LogP contribution in [0.5, 0.6) is 0 Å². The summed E-state index contributed by atoms with van der Waals surface area (Å²) in [6, 6.07) is 52.2. The molecule has 0 radical (unpaired) electrons. The van der Waals surface area contributed by atoms with E-state index in [-0.39, 0.29) is 10.8 Å². The Balaban J connectivity index is 1.17. The van der Waals surface area contributed by atoms with Gasteiger partial charge in [-0.05, 0) is 81.3 Å². The fourth-order valence-corrected chi connectivity index (χ4v) is 8.55. The zero-order valence-corrected chi connectivity index (χ0v) is 30.6.